The van der Waals surface area contributed by atoms with Gasteiger partial charge in [-0.15, -0.1) is 11.3 Å². The predicted octanol–water partition coefficient (Wildman–Crippen LogP) is 11.3. The van der Waals surface area contributed by atoms with Crippen LogP contribution in [0.15, 0.2) is 180 Å². The molecule has 0 spiro atoms. The molecule has 7 aromatic carbocycles. The van der Waals surface area contributed by atoms with Crippen LogP contribution in [0.2, 0.25) is 0 Å². The number of rotatable bonds is 5. The minimum absolute atomic E-state index is 0.229. The number of thiophene rings is 1. The number of hydrogen-bond acceptors (Lipinski definition) is 4. The molecule has 50 heavy (non-hydrogen) atoms. The van der Waals surface area contributed by atoms with E-state index in [2.05, 4.69) is 155 Å². The number of para-hydroxylation sites is 1. The molecule has 0 saturated heterocycles. The second-order valence-corrected chi connectivity index (χ2v) is 13.7. The Morgan fingerprint density at radius 2 is 1.24 bits per heavy atom. The predicted molar refractivity (Wildman–Crippen MR) is 211 cm³/mol. The van der Waals surface area contributed by atoms with Gasteiger partial charge in [-0.2, -0.15) is 0 Å². The molecule has 10 rings (SSSR count). The molecule has 1 aliphatic rings. The lowest BCUT2D eigenvalue weighted by molar-refractivity contribution is 0.674. The van der Waals surface area contributed by atoms with Crippen molar-refractivity contribution in [2.45, 2.75) is 6.17 Å². The van der Waals surface area contributed by atoms with Gasteiger partial charge in [-0.1, -0.05) is 133 Å². The van der Waals surface area contributed by atoms with Crippen LogP contribution in [0.5, 0.6) is 0 Å². The minimum Gasteiger partial charge on any atom is -0.344 e. The standard InChI is InChI=1S/C45H30N4S/c1-4-13-29(14-5-1)34-20-12-22-39-42(34)36-19-10-11-21-38(36)49(39)33-24-26-40-37(28-33)35-25-23-32(27-41(35)50-40)45-47-43(30-15-6-2-7-16-30)46-44(48-45)31-17-8-3-9-18-31/h1-28,43H,(H,46,47,48). The van der Waals surface area contributed by atoms with Crippen molar-refractivity contribution in [3.8, 4) is 16.8 Å². The highest BCUT2D eigenvalue weighted by atomic mass is 32.1. The highest BCUT2D eigenvalue weighted by Crippen LogP contribution is 2.41. The van der Waals surface area contributed by atoms with Gasteiger partial charge in [0.05, 0.1) is 11.0 Å². The maximum atomic E-state index is 5.05. The third-order valence-electron chi connectivity index (χ3n) is 9.66. The van der Waals surface area contributed by atoms with Crippen molar-refractivity contribution in [1.82, 2.24) is 9.88 Å². The molecule has 2 aromatic heterocycles. The number of nitrogens with one attached hydrogen (secondary N) is 1. The van der Waals surface area contributed by atoms with Crippen molar-refractivity contribution in [3.05, 3.63) is 187 Å². The van der Waals surface area contributed by atoms with Crippen molar-refractivity contribution in [3.63, 3.8) is 0 Å². The molecule has 0 amide bonds. The summed E-state index contributed by atoms with van der Waals surface area (Å²) in [6.45, 7) is 0. The van der Waals surface area contributed by atoms with Crippen molar-refractivity contribution in [1.29, 1.82) is 0 Å². The van der Waals surface area contributed by atoms with E-state index >= 15 is 0 Å². The molecule has 0 aliphatic carbocycles. The van der Waals surface area contributed by atoms with E-state index in [1.165, 1.54) is 53.1 Å². The van der Waals surface area contributed by atoms with Crippen LogP contribution in [0.1, 0.15) is 22.9 Å². The fourth-order valence-corrected chi connectivity index (χ4v) is 8.45. The number of benzene rings is 7. The molecule has 1 atom stereocenters. The van der Waals surface area contributed by atoms with Gasteiger partial charge in [-0.05, 0) is 53.1 Å². The van der Waals surface area contributed by atoms with Gasteiger partial charge < -0.3 is 9.88 Å². The molecule has 1 unspecified atom stereocenters. The van der Waals surface area contributed by atoms with Crippen molar-refractivity contribution >= 4 is 65.0 Å². The average molecular weight is 659 g/mol. The second kappa shape index (κ2) is 11.7. The molecule has 0 saturated carbocycles. The molecule has 236 valence electrons. The molecule has 0 fully saturated rings. The monoisotopic (exact) mass is 658 g/mol. The van der Waals surface area contributed by atoms with Crippen LogP contribution in [-0.2, 0) is 0 Å². The van der Waals surface area contributed by atoms with Gasteiger partial charge in [-0.3, -0.25) is 0 Å². The third-order valence-corrected chi connectivity index (χ3v) is 10.8. The van der Waals surface area contributed by atoms with Crippen LogP contribution < -0.4 is 5.32 Å². The van der Waals surface area contributed by atoms with E-state index in [0.29, 0.717) is 0 Å². The second-order valence-electron chi connectivity index (χ2n) is 12.6. The molecule has 5 heteroatoms. The van der Waals surface area contributed by atoms with Crippen LogP contribution in [0.4, 0.5) is 0 Å². The summed E-state index contributed by atoms with van der Waals surface area (Å²) in [6.07, 6.45) is -0.229. The van der Waals surface area contributed by atoms with Crippen LogP contribution in [0, 0.1) is 0 Å². The van der Waals surface area contributed by atoms with E-state index < -0.39 is 0 Å². The molecule has 1 aliphatic heterocycles. The SMILES string of the molecule is c1ccc(C2=NC(c3ccccc3)NC(c3ccc4c(c3)sc3ccc(-n5c6ccccc6c6c(-c7ccccc7)cccc65)cc34)=N2)cc1. The molecular formula is C45H30N4S. The molecule has 0 bridgehead atoms. The van der Waals surface area contributed by atoms with Gasteiger partial charge in [0.1, 0.15) is 12.0 Å². The first-order valence-electron chi connectivity index (χ1n) is 16.9. The lowest BCUT2D eigenvalue weighted by Gasteiger charge is -2.23. The van der Waals surface area contributed by atoms with Gasteiger partial charge >= 0.3 is 0 Å². The van der Waals surface area contributed by atoms with Crippen LogP contribution >= 0.6 is 11.3 Å². The lowest BCUT2D eigenvalue weighted by atomic mass is 9.99. The van der Waals surface area contributed by atoms with E-state index in [1.807, 2.05) is 35.6 Å². The topological polar surface area (TPSA) is 41.7 Å². The number of amidine groups is 2. The zero-order chi connectivity index (χ0) is 33.0. The van der Waals surface area contributed by atoms with E-state index in [-0.39, 0.29) is 6.17 Å². The van der Waals surface area contributed by atoms with Gasteiger partial charge in [0.15, 0.2) is 5.84 Å². The van der Waals surface area contributed by atoms with Gasteiger partial charge in [0.25, 0.3) is 0 Å². The summed E-state index contributed by atoms with van der Waals surface area (Å²) in [6, 6.07) is 60.3. The zero-order valence-corrected chi connectivity index (χ0v) is 27.8. The van der Waals surface area contributed by atoms with E-state index in [9.17, 15) is 0 Å². The first-order chi connectivity index (χ1) is 24.8. The lowest BCUT2D eigenvalue weighted by Crippen LogP contribution is -2.33. The number of aliphatic imine (C=N–C) groups is 2. The van der Waals surface area contributed by atoms with Gasteiger partial charge in [0.2, 0.25) is 0 Å². The Balaban J connectivity index is 1.09. The molecule has 9 aromatic rings. The maximum absolute atomic E-state index is 5.05. The van der Waals surface area contributed by atoms with Crippen molar-refractivity contribution in [2.75, 3.05) is 0 Å². The summed E-state index contributed by atoms with van der Waals surface area (Å²) in [4.78, 5) is 10.1. The molecule has 1 N–H and O–H groups in total. The van der Waals surface area contributed by atoms with E-state index in [4.69, 9.17) is 9.98 Å². The van der Waals surface area contributed by atoms with E-state index in [0.717, 1.165) is 34.0 Å². The van der Waals surface area contributed by atoms with Gasteiger partial charge in [0, 0.05) is 47.8 Å². The minimum atomic E-state index is -0.229. The quantitative estimate of drug-likeness (QED) is 0.196. The molecular weight excluding hydrogens is 629 g/mol. The summed E-state index contributed by atoms with van der Waals surface area (Å²) in [5, 5.41) is 8.67. The first kappa shape index (κ1) is 28.7. The van der Waals surface area contributed by atoms with E-state index in [1.54, 1.807) is 0 Å². The maximum Gasteiger partial charge on any atom is 0.159 e. The Bertz CT molecular complexity index is 2780. The average Bonchev–Trinajstić information content (AvgIpc) is 3.73. The first-order valence-corrected chi connectivity index (χ1v) is 17.7. The van der Waals surface area contributed by atoms with Crippen LogP contribution in [0.25, 0.3) is 58.8 Å². The number of fused-ring (bicyclic) bond motifs is 6. The van der Waals surface area contributed by atoms with Gasteiger partial charge in [-0.25, -0.2) is 9.98 Å². The Kier molecular flexibility index (Phi) is 6.71. The number of nitrogens with zero attached hydrogens (tertiary/aromatic N) is 3. The summed E-state index contributed by atoms with van der Waals surface area (Å²) in [7, 11) is 0. The summed E-state index contributed by atoms with van der Waals surface area (Å²) in [5.41, 5.74) is 9.20. The smallest absolute Gasteiger partial charge is 0.159 e. The summed E-state index contributed by atoms with van der Waals surface area (Å²) in [5.74, 6) is 1.56. The fraction of sp³-hybridized carbons (Fsp3) is 0.0222. The zero-order valence-electron chi connectivity index (χ0n) is 27.0. The largest absolute Gasteiger partial charge is 0.344 e. The summed E-state index contributed by atoms with van der Waals surface area (Å²) < 4.78 is 4.91. The van der Waals surface area contributed by atoms with Crippen LogP contribution in [0.3, 0.4) is 0 Å². The highest BCUT2D eigenvalue weighted by Gasteiger charge is 2.22. The Morgan fingerprint density at radius 1 is 0.520 bits per heavy atom. The third kappa shape index (κ3) is 4.74. The fourth-order valence-electron chi connectivity index (χ4n) is 7.33. The Morgan fingerprint density at radius 3 is 2.06 bits per heavy atom. The molecule has 3 heterocycles. The number of aromatic nitrogens is 1. The summed E-state index contributed by atoms with van der Waals surface area (Å²) >= 11 is 1.82. The Labute approximate surface area is 293 Å². The van der Waals surface area contributed by atoms with Crippen molar-refractivity contribution < 1.29 is 0 Å². The normalized spacial score (nSPS) is 14.6. The number of hydrogen-bond donors (Lipinski definition) is 1. The molecule has 0 radical (unpaired) electrons. The molecule has 4 nitrogen and oxygen atoms in total. The Hall–Kier alpha value is -6.30. The van der Waals surface area contributed by atoms with Crippen molar-refractivity contribution in [2.24, 2.45) is 9.98 Å². The van der Waals surface area contributed by atoms with Crippen LogP contribution in [-0.4, -0.2) is 16.2 Å². The highest BCUT2D eigenvalue weighted by molar-refractivity contribution is 7.25.